The monoisotopic (exact) mass is 997 g/mol. The van der Waals surface area contributed by atoms with Gasteiger partial charge in [0.1, 0.15) is 19.3 Å². The largest absolute Gasteiger partial charge is 0.756 e. The summed E-state index contributed by atoms with van der Waals surface area (Å²) < 4.78 is 30.3. The Hall–Kier alpha value is -1.25. The van der Waals surface area contributed by atoms with Crippen LogP contribution in [0.4, 0.5) is 0 Å². The lowest BCUT2D eigenvalue weighted by Gasteiger charge is -2.30. The molecule has 69 heavy (non-hydrogen) atoms. The maximum Gasteiger partial charge on any atom is 0.306 e. The highest BCUT2D eigenvalue weighted by molar-refractivity contribution is 7.45. The number of hydrogen-bond acceptors (Lipinski definition) is 7. The number of esters is 1. The van der Waals surface area contributed by atoms with Gasteiger partial charge < -0.3 is 28.5 Å². The fraction of sp³-hybridized carbons (Fsp3) is 0.932. The number of rotatable bonds is 55. The molecule has 0 aromatic rings. The highest BCUT2D eigenvalue weighted by atomic mass is 31.2. The van der Waals surface area contributed by atoms with E-state index in [2.05, 4.69) is 26.1 Å². The van der Waals surface area contributed by atoms with Gasteiger partial charge in [0, 0.05) is 12.8 Å². The van der Waals surface area contributed by atoms with Gasteiger partial charge in [0.15, 0.2) is 0 Å². The van der Waals surface area contributed by atoms with Crippen LogP contribution in [0.2, 0.25) is 0 Å². The van der Waals surface area contributed by atoms with E-state index in [4.69, 9.17) is 13.8 Å². The van der Waals surface area contributed by atoms with Crippen molar-refractivity contribution in [1.29, 1.82) is 0 Å². The molecule has 0 radical (unpaired) electrons. The number of nitrogens with zero attached hydrogens (tertiary/aromatic N) is 1. The number of phosphoric ester groups is 1. The normalized spacial score (nSPS) is 13.8. The van der Waals surface area contributed by atoms with Gasteiger partial charge in [-0.1, -0.05) is 271 Å². The minimum atomic E-state index is -4.68. The van der Waals surface area contributed by atoms with Crippen LogP contribution in [0.5, 0.6) is 0 Å². The third-order valence-electron chi connectivity index (χ3n) is 13.7. The zero-order valence-corrected chi connectivity index (χ0v) is 47.7. The number of carbonyl (C=O) groups excluding carboxylic acids is 2. The number of ether oxygens (including phenoxy) is 1. The molecule has 0 aromatic heterocycles. The Morgan fingerprint density at radius 1 is 0.493 bits per heavy atom. The van der Waals surface area contributed by atoms with Gasteiger partial charge in [-0.15, -0.1) is 0 Å². The maximum atomic E-state index is 13.5. The number of nitrogens with one attached hydrogen (secondary N) is 1. The van der Waals surface area contributed by atoms with E-state index in [1.54, 1.807) is 0 Å². The van der Waals surface area contributed by atoms with Crippen LogP contribution in [-0.2, 0) is 27.9 Å². The van der Waals surface area contributed by atoms with Crippen molar-refractivity contribution in [3.63, 3.8) is 0 Å². The first-order valence-electron chi connectivity index (χ1n) is 30.0. The first kappa shape index (κ1) is 67.8. The number of unbranched alkanes of at least 4 members (excludes halogenated alkanes) is 39. The molecule has 9 nitrogen and oxygen atoms in total. The molecule has 0 aromatic carbocycles. The summed E-state index contributed by atoms with van der Waals surface area (Å²) in [6, 6.07) is -0.878. The summed E-state index contributed by atoms with van der Waals surface area (Å²) >= 11 is 0. The molecule has 410 valence electrons. The zero-order chi connectivity index (χ0) is 50.8. The number of likely N-dealkylation sites (N-methyl/N-ethyl adjacent to an activating group) is 1. The van der Waals surface area contributed by atoms with E-state index < -0.39 is 20.0 Å². The van der Waals surface area contributed by atoms with Crippen molar-refractivity contribution in [3.8, 4) is 0 Å². The zero-order valence-electron chi connectivity index (χ0n) is 46.8. The van der Waals surface area contributed by atoms with Gasteiger partial charge in [0.2, 0.25) is 5.91 Å². The number of allylic oxidation sites excluding steroid dienone is 1. The number of phosphoric acid groups is 1. The molecule has 1 N–H and O–H groups in total. The maximum absolute atomic E-state index is 13.5. The fourth-order valence-corrected chi connectivity index (χ4v) is 9.78. The quantitative estimate of drug-likeness (QED) is 0.0212. The van der Waals surface area contributed by atoms with Crippen molar-refractivity contribution in [2.45, 2.75) is 315 Å². The standard InChI is InChI=1S/C59H117N2O7P/c1-7-10-13-16-19-22-25-27-29-30-32-34-37-40-43-46-49-52-59(63)68-57(50-47-44-41-38-35-24-21-18-15-12-9-3)56(55-67-69(64,65)66-54-53-61(4,5)6)60-58(62)51-48-45-42-39-36-33-31-28-26-23-20-17-14-11-8-2/h47,50,56-57H,7-46,48-49,51-55H2,1-6H3,(H-,60,62,64,65)/b50-47+. The molecule has 1 amide bonds. The van der Waals surface area contributed by atoms with E-state index in [9.17, 15) is 19.0 Å². The summed E-state index contributed by atoms with van der Waals surface area (Å²) in [7, 11) is 1.20. The molecule has 0 saturated carbocycles. The van der Waals surface area contributed by atoms with Crippen molar-refractivity contribution in [2.75, 3.05) is 40.9 Å². The Balaban J connectivity index is 5.23. The molecule has 0 saturated heterocycles. The number of carbonyl (C=O) groups is 2. The van der Waals surface area contributed by atoms with Crippen LogP contribution >= 0.6 is 7.82 Å². The summed E-state index contributed by atoms with van der Waals surface area (Å²) in [5, 5.41) is 3.03. The molecule has 0 fully saturated rings. The lowest BCUT2D eigenvalue weighted by Crippen LogP contribution is -2.47. The molecule has 3 unspecified atom stereocenters. The Morgan fingerprint density at radius 3 is 1.19 bits per heavy atom. The van der Waals surface area contributed by atoms with Gasteiger partial charge in [0.25, 0.3) is 7.82 Å². The van der Waals surface area contributed by atoms with E-state index in [1.165, 1.54) is 212 Å². The van der Waals surface area contributed by atoms with Gasteiger partial charge in [-0.2, -0.15) is 0 Å². The molecular weight excluding hydrogens is 880 g/mol. The number of amides is 1. The predicted octanol–water partition coefficient (Wildman–Crippen LogP) is 17.4. The molecule has 0 rings (SSSR count). The van der Waals surface area contributed by atoms with Gasteiger partial charge >= 0.3 is 5.97 Å². The average Bonchev–Trinajstić information content (AvgIpc) is 3.31. The fourth-order valence-electron chi connectivity index (χ4n) is 9.05. The van der Waals surface area contributed by atoms with Crippen molar-refractivity contribution in [1.82, 2.24) is 5.32 Å². The first-order valence-corrected chi connectivity index (χ1v) is 31.5. The van der Waals surface area contributed by atoms with E-state index >= 15 is 0 Å². The van der Waals surface area contributed by atoms with Crippen LogP contribution in [-0.4, -0.2) is 69.4 Å². The van der Waals surface area contributed by atoms with E-state index in [-0.39, 0.29) is 31.5 Å². The minimum absolute atomic E-state index is 0.0170. The SMILES string of the molecule is CCCCCCCCCCC/C=C/C(OC(=O)CCCCCCCCCCCCCCCCCCC)C(COP(=O)([O-])OCC[N+](C)(C)C)NC(=O)CCCCCCCCCCCCCCCCC. The van der Waals surface area contributed by atoms with E-state index in [1.807, 2.05) is 33.3 Å². The first-order chi connectivity index (χ1) is 33.4. The van der Waals surface area contributed by atoms with Gasteiger partial charge in [-0.3, -0.25) is 14.2 Å². The lowest BCUT2D eigenvalue weighted by molar-refractivity contribution is -0.870. The Kier molecular flexibility index (Phi) is 49.4. The van der Waals surface area contributed by atoms with Crippen LogP contribution in [0.3, 0.4) is 0 Å². The highest BCUT2D eigenvalue weighted by Crippen LogP contribution is 2.38. The second-order valence-corrected chi connectivity index (χ2v) is 23.3. The third-order valence-corrected chi connectivity index (χ3v) is 14.7. The molecule has 0 aliphatic rings. The van der Waals surface area contributed by atoms with Gasteiger partial charge in [0.05, 0.1) is 33.8 Å². The predicted molar refractivity (Wildman–Crippen MR) is 294 cm³/mol. The summed E-state index contributed by atoms with van der Waals surface area (Å²) in [5.41, 5.74) is 0. The summed E-state index contributed by atoms with van der Waals surface area (Å²) in [5.74, 6) is -0.522. The van der Waals surface area contributed by atoms with Crippen LogP contribution < -0.4 is 10.2 Å². The molecule has 0 aliphatic carbocycles. The minimum Gasteiger partial charge on any atom is -0.756 e. The van der Waals surface area contributed by atoms with Crippen LogP contribution in [0.1, 0.15) is 303 Å². The average molecular weight is 998 g/mol. The second kappa shape index (κ2) is 50.3. The van der Waals surface area contributed by atoms with Gasteiger partial charge in [-0.25, -0.2) is 0 Å². The van der Waals surface area contributed by atoms with Crippen LogP contribution in [0, 0.1) is 0 Å². The van der Waals surface area contributed by atoms with Crippen molar-refractivity contribution >= 4 is 19.7 Å². The topological polar surface area (TPSA) is 114 Å². The highest BCUT2D eigenvalue weighted by Gasteiger charge is 2.27. The molecule has 0 heterocycles. The van der Waals surface area contributed by atoms with E-state index in [0.717, 1.165) is 57.8 Å². The van der Waals surface area contributed by atoms with E-state index in [0.29, 0.717) is 17.4 Å². The smallest absolute Gasteiger partial charge is 0.306 e. The van der Waals surface area contributed by atoms with Crippen LogP contribution in [0.25, 0.3) is 0 Å². The lowest BCUT2D eigenvalue weighted by atomic mass is 10.0. The summed E-state index contributed by atoms with van der Waals surface area (Å²) in [6.45, 7) is 6.88. The molecule has 0 bridgehead atoms. The van der Waals surface area contributed by atoms with Crippen LogP contribution in [0.15, 0.2) is 12.2 Å². The number of quaternary nitrogens is 1. The van der Waals surface area contributed by atoms with Crippen molar-refractivity contribution in [2.24, 2.45) is 0 Å². The van der Waals surface area contributed by atoms with Crippen molar-refractivity contribution < 1.29 is 37.3 Å². The molecule has 0 aliphatic heterocycles. The summed E-state index contributed by atoms with van der Waals surface area (Å²) in [6.07, 6.45) is 56.0. The molecular formula is C59H117N2O7P. The third kappa shape index (κ3) is 51.5. The number of hydrogen-bond donors (Lipinski definition) is 1. The molecule has 10 heteroatoms. The second-order valence-electron chi connectivity index (χ2n) is 21.9. The Labute approximate surface area is 429 Å². The molecule has 0 spiro atoms. The Morgan fingerprint density at radius 2 is 0.826 bits per heavy atom. The van der Waals surface area contributed by atoms with Crippen molar-refractivity contribution in [3.05, 3.63) is 12.2 Å². The van der Waals surface area contributed by atoms with Gasteiger partial charge in [-0.05, 0) is 31.8 Å². The molecule has 3 atom stereocenters. The summed E-state index contributed by atoms with van der Waals surface area (Å²) in [4.78, 5) is 39.9. The Bertz CT molecular complexity index is 1190.